The third-order valence-electron chi connectivity index (χ3n) is 3.55. The van der Waals surface area contributed by atoms with Crippen molar-refractivity contribution in [2.75, 3.05) is 27.2 Å². The molecule has 0 aliphatic rings. The van der Waals surface area contributed by atoms with Crippen LogP contribution >= 0.6 is 0 Å². The third kappa shape index (κ3) is 3.96. The molecule has 0 aromatic heterocycles. The summed E-state index contributed by atoms with van der Waals surface area (Å²) in [4.78, 5) is 0.286. The normalized spacial score (nSPS) is 12.8. The lowest BCUT2D eigenvalue weighted by atomic mass is 9.94. The number of nitrogens with zero attached hydrogens (tertiary/aromatic N) is 1. The van der Waals surface area contributed by atoms with Crippen molar-refractivity contribution in [2.24, 2.45) is 11.1 Å². The van der Waals surface area contributed by atoms with Crippen LogP contribution in [-0.4, -0.2) is 40.0 Å². The smallest absolute Gasteiger partial charge is 0.242 e. The molecule has 0 saturated carbocycles. The summed E-state index contributed by atoms with van der Waals surface area (Å²) >= 11 is 0. The van der Waals surface area contributed by atoms with Crippen LogP contribution in [0.15, 0.2) is 17.0 Å². The molecule has 0 bridgehead atoms. The molecule has 0 atom stereocenters. The zero-order chi connectivity index (χ0) is 16.4. The van der Waals surface area contributed by atoms with Crippen molar-refractivity contribution in [2.45, 2.75) is 32.6 Å². The summed E-state index contributed by atoms with van der Waals surface area (Å²) in [6.45, 7) is 8.37. The molecule has 0 aliphatic carbocycles. The molecule has 0 aliphatic heterocycles. The number of hydrogen-bond donors (Lipinski definition) is 1. The monoisotopic (exact) mass is 314 g/mol. The Bertz CT molecular complexity index is 586. The van der Waals surface area contributed by atoms with Gasteiger partial charge in [0.25, 0.3) is 0 Å². The van der Waals surface area contributed by atoms with Gasteiger partial charge >= 0.3 is 0 Å². The number of methoxy groups -OCH3 is 1. The van der Waals surface area contributed by atoms with E-state index in [0.29, 0.717) is 13.1 Å². The van der Waals surface area contributed by atoms with Crippen molar-refractivity contribution < 1.29 is 13.2 Å². The zero-order valence-corrected chi connectivity index (χ0v) is 14.5. The standard InChI is InChI=1S/C15H26N2O3S/c1-11-7-13(8-12(2)14(11)20-6)21(18,19)17(5)10-15(3,4)9-16/h7-8H,9-10,16H2,1-6H3. The molecule has 0 heterocycles. The molecular formula is C15H26N2O3S. The van der Waals surface area contributed by atoms with Gasteiger partial charge in [0.1, 0.15) is 5.75 Å². The van der Waals surface area contributed by atoms with E-state index in [1.165, 1.54) is 4.31 Å². The van der Waals surface area contributed by atoms with Crippen molar-refractivity contribution in [1.29, 1.82) is 0 Å². The molecule has 0 saturated heterocycles. The maximum absolute atomic E-state index is 12.7. The lowest BCUT2D eigenvalue weighted by molar-refractivity contribution is 0.292. The summed E-state index contributed by atoms with van der Waals surface area (Å²) in [5, 5.41) is 0. The molecule has 21 heavy (non-hydrogen) atoms. The molecule has 2 N–H and O–H groups in total. The second kappa shape index (κ2) is 6.34. The first-order chi connectivity index (χ1) is 9.55. The van der Waals surface area contributed by atoms with Gasteiger partial charge in [0, 0.05) is 13.6 Å². The summed E-state index contributed by atoms with van der Waals surface area (Å²) in [5.74, 6) is 0.721. The van der Waals surface area contributed by atoms with E-state index in [2.05, 4.69) is 0 Å². The largest absolute Gasteiger partial charge is 0.496 e. The fourth-order valence-corrected chi connectivity index (χ4v) is 3.84. The van der Waals surface area contributed by atoms with Crippen LogP contribution in [-0.2, 0) is 10.0 Å². The van der Waals surface area contributed by atoms with Gasteiger partial charge in [-0.15, -0.1) is 0 Å². The van der Waals surface area contributed by atoms with E-state index in [0.717, 1.165) is 16.9 Å². The number of benzene rings is 1. The van der Waals surface area contributed by atoms with E-state index >= 15 is 0 Å². The number of hydrogen-bond acceptors (Lipinski definition) is 4. The van der Waals surface area contributed by atoms with Crippen LogP contribution in [0.3, 0.4) is 0 Å². The van der Waals surface area contributed by atoms with Crippen molar-refractivity contribution in [3.05, 3.63) is 23.3 Å². The Morgan fingerprint density at radius 2 is 1.71 bits per heavy atom. The predicted octanol–water partition coefficient (Wildman–Crippen LogP) is 1.92. The van der Waals surface area contributed by atoms with E-state index in [1.807, 2.05) is 27.7 Å². The van der Waals surface area contributed by atoms with Gasteiger partial charge in [-0.05, 0) is 49.1 Å². The maximum Gasteiger partial charge on any atom is 0.242 e. The van der Waals surface area contributed by atoms with Crippen LogP contribution in [0.25, 0.3) is 0 Å². The van der Waals surface area contributed by atoms with Crippen LogP contribution < -0.4 is 10.5 Å². The molecule has 0 spiro atoms. The van der Waals surface area contributed by atoms with Gasteiger partial charge in [0.05, 0.1) is 12.0 Å². The Kier molecular flexibility index (Phi) is 5.41. The molecule has 1 aromatic rings. The minimum atomic E-state index is -3.53. The second-order valence-corrected chi connectivity index (χ2v) is 8.26. The number of aryl methyl sites for hydroxylation is 2. The van der Waals surface area contributed by atoms with E-state index in [9.17, 15) is 8.42 Å². The number of ether oxygens (including phenoxy) is 1. The quantitative estimate of drug-likeness (QED) is 0.870. The molecule has 0 radical (unpaired) electrons. The predicted molar refractivity (Wildman–Crippen MR) is 85.1 cm³/mol. The van der Waals surface area contributed by atoms with E-state index < -0.39 is 10.0 Å². The lowest BCUT2D eigenvalue weighted by Gasteiger charge is -2.28. The lowest BCUT2D eigenvalue weighted by Crippen LogP contribution is -2.39. The fourth-order valence-electron chi connectivity index (χ4n) is 2.31. The summed E-state index contributed by atoms with van der Waals surface area (Å²) in [5.41, 5.74) is 7.04. The van der Waals surface area contributed by atoms with Gasteiger partial charge in [0.15, 0.2) is 0 Å². The zero-order valence-electron chi connectivity index (χ0n) is 13.7. The first kappa shape index (κ1) is 17.9. The highest BCUT2D eigenvalue weighted by Gasteiger charge is 2.28. The highest BCUT2D eigenvalue weighted by molar-refractivity contribution is 7.89. The Balaban J connectivity index is 3.20. The fraction of sp³-hybridized carbons (Fsp3) is 0.600. The van der Waals surface area contributed by atoms with Gasteiger partial charge in [-0.25, -0.2) is 12.7 Å². The average molecular weight is 314 g/mol. The van der Waals surface area contributed by atoms with Gasteiger partial charge in [-0.2, -0.15) is 0 Å². The SMILES string of the molecule is COc1c(C)cc(S(=O)(=O)N(C)CC(C)(C)CN)cc1C. The van der Waals surface area contributed by atoms with Gasteiger partial charge < -0.3 is 10.5 Å². The highest BCUT2D eigenvalue weighted by atomic mass is 32.2. The molecular weight excluding hydrogens is 288 g/mol. The molecule has 1 aromatic carbocycles. The first-order valence-corrected chi connectivity index (χ1v) is 8.31. The Morgan fingerprint density at radius 3 is 2.10 bits per heavy atom. The minimum absolute atomic E-state index is 0.265. The van der Waals surface area contributed by atoms with Crippen molar-refractivity contribution >= 4 is 10.0 Å². The molecule has 120 valence electrons. The number of sulfonamides is 1. The van der Waals surface area contributed by atoms with Crippen LogP contribution in [0.1, 0.15) is 25.0 Å². The first-order valence-electron chi connectivity index (χ1n) is 6.87. The summed E-state index contributed by atoms with van der Waals surface area (Å²) in [7, 11) is -0.362. The van der Waals surface area contributed by atoms with Crippen molar-refractivity contribution in [1.82, 2.24) is 4.31 Å². The van der Waals surface area contributed by atoms with E-state index in [1.54, 1.807) is 26.3 Å². The molecule has 0 fully saturated rings. The van der Waals surface area contributed by atoms with Crippen LogP contribution in [0.5, 0.6) is 5.75 Å². The van der Waals surface area contributed by atoms with E-state index in [4.69, 9.17) is 10.5 Å². The van der Waals surface area contributed by atoms with Crippen LogP contribution in [0.4, 0.5) is 0 Å². The Morgan fingerprint density at radius 1 is 1.24 bits per heavy atom. The van der Waals surface area contributed by atoms with Crippen molar-refractivity contribution in [3.63, 3.8) is 0 Å². The van der Waals surface area contributed by atoms with Gasteiger partial charge in [-0.3, -0.25) is 0 Å². The van der Waals surface area contributed by atoms with E-state index in [-0.39, 0.29) is 10.3 Å². The summed E-state index contributed by atoms with van der Waals surface area (Å²) in [6.07, 6.45) is 0. The Labute approximate surface area is 128 Å². The summed E-state index contributed by atoms with van der Waals surface area (Å²) in [6, 6.07) is 3.29. The third-order valence-corrected chi connectivity index (χ3v) is 5.33. The molecule has 0 unspecified atom stereocenters. The van der Waals surface area contributed by atoms with Gasteiger partial charge in [0.2, 0.25) is 10.0 Å². The molecule has 5 nitrogen and oxygen atoms in total. The Hall–Kier alpha value is -1.11. The average Bonchev–Trinajstić information content (AvgIpc) is 2.37. The molecule has 6 heteroatoms. The number of nitrogens with two attached hydrogens (primary N) is 1. The topological polar surface area (TPSA) is 72.6 Å². The highest BCUT2D eigenvalue weighted by Crippen LogP contribution is 2.28. The maximum atomic E-state index is 12.7. The summed E-state index contributed by atoms with van der Waals surface area (Å²) < 4.78 is 32.0. The number of rotatable bonds is 6. The van der Waals surface area contributed by atoms with Crippen molar-refractivity contribution in [3.8, 4) is 5.75 Å². The minimum Gasteiger partial charge on any atom is -0.496 e. The van der Waals surface area contributed by atoms with Crippen LogP contribution in [0, 0.1) is 19.3 Å². The second-order valence-electron chi connectivity index (χ2n) is 6.22. The van der Waals surface area contributed by atoms with Crippen LogP contribution in [0.2, 0.25) is 0 Å². The molecule has 0 amide bonds. The van der Waals surface area contributed by atoms with Gasteiger partial charge in [-0.1, -0.05) is 13.8 Å². The molecule has 1 rings (SSSR count).